The Labute approximate surface area is 143 Å². The Balaban J connectivity index is 0.00000200. The molecule has 114 valence electrons. The van der Waals surface area contributed by atoms with Crippen molar-refractivity contribution in [3.8, 4) is 0 Å². The standard InChI is InChI=1S/C11H13BrCl2N2O2S.ClH/c12-7-4-9(13)11(10(14)5-7)19(17,18)16-3-1-2-8(15)6-16;/h4-5,8H,1-3,6,15H2;1H/t8-;/m1./s1. The highest BCUT2D eigenvalue weighted by molar-refractivity contribution is 9.10. The lowest BCUT2D eigenvalue weighted by Gasteiger charge is -2.30. The number of hydrogen-bond acceptors (Lipinski definition) is 3. The number of hydrogen-bond donors (Lipinski definition) is 1. The maximum atomic E-state index is 12.6. The van der Waals surface area contributed by atoms with Gasteiger partial charge in [-0.05, 0) is 25.0 Å². The highest BCUT2D eigenvalue weighted by Gasteiger charge is 2.32. The van der Waals surface area contributed by atoms with Crippen molar-refractivity contribution in [2.75, 3.05) is 13.1 Å². The quantitative estimate of drug-likeness (QED) is 0.792. The van der Waals surface area contributed by atoms with E-state index in [2.05, 4.69) is 15.9 Å². The van der Waals surface area contributed by atoms with Gasteiger partial charge in [0.05, 0.1) is 10.0 Å². The van der Waals surface area contributed by atoms with Crippen LogP contribution in [0.5, 0.6) is 0 Å². The van der Waals surface area contributed by atoms with Crippen molar-refractivity contribution in [3.63, 3.8) is 0 Å². The summed E-state index contributed by atoms with van der Waals surface area (Å²) in [5.41, 5.74) is 5.82. The van der Waals surface area contributed by atoms with Crippen molar-refractivity contribution < 1.29 is 8.42 Å². The number of nitrogens with two attached hydrogens (primary N) is 1. The predicted octanol–water partition coefficient (Wildman–Crippen LogP) is 3.29. The Kier molecular flexibility index (Phi) is 6.59. The van der Waals surface area contributed by atoms with Crippen LogP contribution in [0.4, 0.5) is 0 Å². The second kappa shape index (κ2) is 7.13. The Bertz CT molecular complexity index is 574. The minimum absolute atomic E-state index is 0. The van der Waals surface area contributed by atoms with E-state index in [1.54, 1.807) is 0 Å². The maximum absolute atomic E-state index is 12.6. The van der Waals surface area contributed by atoms with Crippen molar-refractivity contribution in [3.05, 3.63) is 26.7 Å². The Hall–Kier alpha value is 0.440. The third-order valence-corrected chi connectivity index (χ3v) is 6.23. The van der Waals surface area contributed by atoms with Crippen LogP contribution in [-0.4, -0.2) is 31.9 Å². The zero-order valence-electron chi connectivity index (χ0n) is 10.4. The third kappa shape index (κ3) is 3.80. The Morgan fingerprint density at radius 2 is 1.85 bits per heavy atom. The number of halogens is 4. The molecule has 1 aliphatic heterocycles. The lowest BCUT2D eigenvalue weighted by Crippen LogP contribution is -2.45. The topological polar surface area (TPSA) is 63.4 Å². The minimum Gasteiger partial charge on any atom is -0.327 e. The molecule has 0 aromatic heterocycles. The molecule has 0 spiro atoms. The first-order chi connectivity index (χ1) is 8.82. The van der Waals surface area contributed by atoms with Gasteiger partial charge in [-0.25, -0.2) is 8.42 Å². The molecular weight excluding hydrogens is 410 g/mol. The molecule has 0 aliphatic carbocycles. The van der Waals surface area contributed by atoms with Crippen LogP contribution in [0.2, 0.25) is 10.0 Å². The first kappa shape index (κ1) is 18.5. The lowest BCUT2D eigenvalue weighted by molar-refractivity contribution is 0.316. The maximum Gasteiger partial charge on any atom is 0.246 e. The third-order valence-electron chi connectivity index (χ3n) is 2.98. The molecule has 1 aromatic rings. The van der Waals surface area contributed by atoms with E-state index in [1.165, 1.54) is 16.4 Å². The number of rotatable bonds is 2. The summed E-state index contributed by atoms with van der Waals surface area (Å²) in [6.07, 6.45) is 1.57. The normalized spacial score (nSPS) is 20.5. The molecule has 1 aromatic carbocycles. The average Bonchev–Trinajstić information content (AvgIpc) is 2.26. The summed E-state index contributed by atoms with van der Waals surface area (Å²) < 4.78 is 27.1. The molecule has 1 atom stereocenters. The van der Waals surface area contributed by atoms with E-state index in [4.69, 9.17) is 28.9 Å². The minimum atomic E-state index is -3.70. The molecule has 1 heterocycles. The second-order valence-corrected chi connectivity index (χ2v) is 8.07. The van der Waals surface area contributed by atoms with Crippen LogP contribution in [-0.2, 0) is 10.0 Å². The molecule has 0 unspecified atom stereocenters. The first-order valence-electron chi connectivity index (χ1n) is 5.72. The summed E-state index contributed by atoms with van der Waals surface area (Å²) in [4.78, 5) is -0.0480. The number of piperidine rings is 1. The average molecular weight is 425 g/mol. The molecular formula is C11H14BrCl3N2O2S. The molecule has 1 saturated heterocycles. The number of sulfonamides is 1. The molecule has 9 heteroatoms. The van der Waals surface area contributed by atoms with Gasteiger partial charge < -0.3 is 5.73 Å². The summed E-state index contributed by atoms with van der Waals surface area (Å²) in [5, 5.41) is 0.219. The largest absolute Gasteiger partial charge is 0.327 e. The molecule has 1 fully saturated rings. The molecule has 0 radical (unpaired) electrons. The Morgan fingerprint density at radius 3 is 2.35 bits per heavy atom. The molecule has 1 aliphatic rings. The van der Waals surface area contributed by atoms with E-state index >= 15 is 0 Å². The molecule has 0 bridgehead atoms. The van der Waals surface area contributed by atoms with Crippen molar-refractivity contribution in [2.24, 2.45) is 5.73 Å². The van der Waals surface area contributed by atoms with Gasteiger partial charge in [-0.15, -0.1) is 12.4 Å². The highest BCUT2D eigenvalue weighted by atomic mass is 79.9. The van der Waals surface area contributed by atoms with E-state index in [0.717, 1.165) is 12.8 Å². The van der Waals surface area contributed by atoms with E-state index in [0.29, 0.717) is 17.6 Å². The van der Waals surface area contributed by atoms with Crippen LogP contribution < -0.4 is 5.73 Å². The van der Waals surface area contributed by atoms with Gasteiger partial charge in [0.25, 0.3) is 0 Å². The summed E-state index contributed by atoms with van der Waals surface area (Å²) in [6.45, 7) is 0.740. The van der Waals surface area contributed by atoms with Gasteiger partial charge in [-0.3, -0.25) is 0 Å². The van der Waals surface area contributed by atoms with Crippen LogP contribution in [0.3, 0.4) is 0 Å². The lowest BCUT2D eigenvalue weighted by atomic mass is 10.1. The highest BCUT2D eigenvalue weighted by Crippen LogP contribution is 2.35. The Morgan fingerprint density at radius 1 is 1.30 bits per heavy atom. The monoisotopic (exact) mass is 422 g/mol. The molecule has 2 N–H and O–H groups in total. The van der Waals surface area contributed by atoms with E-state index in [-0.39, 0.29) is 33.4 Å². The summed E-state index contributed by atoms with van der Waals surface area (Å²) in [7, 11) is -3.70. The fourth-order valence-electron chi connectivity index (χ4n) is 2.10. The zero-order chi connectivity index (χ0) is 14.2. The molecule has 4 nitrogen and oxygen atoms in total. The van der Waals surface area contributed by atoms with Crippen molar-refractivity contribution in [2.45, 2.75) is 23.8 Å². The number of nitrogens with zero attached hydrogens (tertiary/aromatic N) is 1. The van der Waals surface area contributed by atoms with E-state index < -0.39 is 10.0 Å². The smallest absolute Gasteiger partial charge is 0.246 e. The van der Waals surface area contributed by atoms with Crippen LogP contribution in [0.1, 0.15) is 12.8 Å². The summed E-state index contributed by atoms with van der Waals surface area (Å²) in [6, 6.07) is 2.89. The molecule has 0 amide bonds. The summed E-state index contributed by atoms with van der Waals surface area (Å²) >= 11 is 15.3. The molecule has 20 heavy (non-hydrogen) atoms. The van der Waals surface area contributed by atoms with Gasteiger partial charge in [0.1, 0.15) is 4.90 Å². The van der Waals surface area contributed by atoms with E-state index in [9.17, 15) is 8.42 Å². The predicted molar refractivity (Wildman–Crippen MR) is 87.4 cm³/mol. The van der Waals surface area contributed by atoms with Gasteiger partial charge >= 0.3 is 0 Å². The second-order valence-electron chi connectivity index (χ2n) is 4.46. The van der Waals surface area contributed by atoms with E-state index in [1.807, 2.05) is 0 Å². The van der Waals surface area contributed by atoms with Gasteiger partial charge in [0, 0.05) is 23.6 Å². The van der Waals surface area contributed by atoms with Crippen LogP contribution >= 0.6 is 51.5 Å². The van der Waals surface area contributed by atoms with Gasteiger partial charge in [0.2, 0.25) is 10.0 Å². The van der Waals surface area contributed by atoms with Crippen molar-refractivity contribution >= 4 is 61.6 Å². The summed E-state index contributed by atoms with van der Waals surface area (Å²) in [5.74, 6) is 0. The van der Waals surface area contributed by atoms with Crippen molar-refractivity contribution in [1.82, 2.24) is 4.31 Å². The fraction of sp³-hybridized carbons (Fsp3) is 0.455. The van der Waals surface area contributed by atoms with Crippen molar-refractivity contribution in [1.29, 1.82) is 0 Å². The van der Waals surface area contributed by atoms with Gasteiger partial charge in [0.15, 0.2) is 0 Å². The fourth-order valence-corrected chi connectivity index (χ4v) is 5.52. The SMILES string of the molecule is Cl.N[C@@H]1CCCN(S(=O)(=O)c2c(Cl)cc(Br)cc2Cl)C1. The zero-order valence-corrected chi connectivity index (χ0v) is 15.1. The molecule has 0 saturated carbocycles. The van der Waals surface area contributed by atoms with Gasteiger partial charge in [-0.1, -0.05) is 39.1 Å². The van der Waals surface area contributed by atoms with Crippen LogP contribution in [0, 0.1) is 0 Å². The number of benzene rings is 1. The van der Waals surface area contributed by atoms with Gasteiger partial charge in [-0.2, -0.15) is 4.31 Å². The first-order valence-corrected chi connectivity index (χ1v) is 8.71. The molecule has 2 rings (SSSR count). The van der Waals surface area contributed by atoms with Crippen LogP contribution in [0.15, 0.2) is 21.5 Å². The van der Waals surface area contributed by atoms with Crippen LogP contribution in [0.25, 0.3) is 0 Å².